The van der Waals surface area contributed by atoms with Crippen molar-refractivity contribution in [1.29, 1.82) is 0 Å². The molecule has 37 heavy (non-hydrogen) atoms. The van der Waals surface area contributed by atoms with Gasteiger partial charge in [0.25, 0.3) is 0 Å². The van der Waals surface area contributed by atoms with Crippen LogP contribution in [-0.2, 0) is 12.8 Å². The van der Waals surface area contributed by atoms with Gasteiger partial charge in [-0.15, -0.1) is 0 Å². The molecule has 0 aliphatic rings. The van der Waals surface area contributed by atoms with Crippen molar-refractivity contribution in [2.45, 2.75) is 26.2 Å². The van der Waals surface area contributed by atoms with Crippen LogP contribution >= 0.6 is 11.6 Å². The molecule has 7 heteroatoms. The fourth-order valence-corrected chi connectivity index (χ4v) is 4.12. The summed E-state index contributed by atoms with van der Waals surface area (Å²) in [5, 5.41) is -0.548. The molecular formula is C30H21ClF6. The van der Waals surface area contributed by atoms with Crippen molar-refractivity contribution in [2.75, 3.05) is 0 Å². The lowest BCUT2D eigenvalue weighted by Gasteiger charge is -2.11. The zero-order chi connectivity index (χ0) is 26.7. The molecule has 0 atom stereocenters. The van der Waals surface area contributed by atoms with E-state index in [4.69, 9.17) is 11.6 Å². The van der Waals surface area contributed by atoms with E-state index in [1.165, 1.54) is 55.5 Å². The summed E-state index contributed by atoms with van der Waals surface area (Å²) < 4.78 is 84.7. The number of rotatable bonds is 7. The third kappa shape index (κ3) is 5.91. The van der Waals surface area contributed by atoms with Crippen LogP contribution in [0.4, 0.5) is 26.3 Å². The van der Waals surface area contributed by atoms with Crippen molar-refractivity contribution in [3.8, 4) is 22.3 Å². The van der Waals surface area contributed by atoms with E-state index in [0.29, 0.717) is 29.5 Å². The molecule has 0 fully saturated rings. The predicted octanol–water partition coefficient (Wildman–Crippen LogP) is 10.0. The number of hydrogen-bond donors (Lipinski definition) is 0. The predicted molar refractivity (Wildman–Crippen MR) is 135 cm³/mol. The van der Waals surface area contributed by atoms with Crippen LogP contribution in [-0.4, -0.2) is 0 Å². The Morgan fingerprint density at radius 3 is 1.68 bits per heavy atom. The maximum absolute atomic E-state index is 15.0. The molecule has 0 unspecified atom stereocenters. The quantitative estimate of drug-likeness (QED) is 0.165. The maximum Gasteiger partial charge on any atom is 0.161 e. The minimum atomic E-state index is -0.960. The van der Waals surface area contributed by atoms with Crippen LogP contribution in [0.25, 0.3) is 28.1 Å². The Hall–Kier alpha value is -3.51. The third-order valence-electron chi connectivity index (χ3n) is 6.05. The zero-order valence-electron chi connectivity index (χ0n) is 19.7. The van der Waals surface area contributed by atoms with Gasteiger partial charge in [-0.25, -0.2) is 26.3 Å². The number of halogens is 7. The summed E-state index contributed by atoms with van der Waals surface area (Å²) in [5.41, 5.74) is 2.13. The minimum absolute atomic E-state index is 0.0482. The molecule has 0 heterocycles. The van der Waals surface area contributed by atoms with Gasteiger partial charge < -0.3 is 0 Å². The number of benzene rings is 4. The van der Waals surface area contributed by atoms with Crippen molar-refractivity contribution in [2.24, 2.45) is 0 Å². The Balaban J connectivity index is 1.52. The van der Waals surface area contributed by atoms with Gasteiger partial charge in [0.2, 0.25) is 0 Å². The van der Waals surface area contributed by atoms with Crippen LogP contribution < -0.4 is 0 Å². The average Bonchev–Trinajstić information content (AvgIpc) is 2.90. The number of aryl methyl sites for hydroxylation is 2. The fourth-order valence-electron chi connectivity index (χ4n) is 4.02. The summed E-state index contributed by atoms with van der Waals surface area (Å²) in [6.45, 7) is 1.50. The van der Waals surface area contributed by atoms with Gasteiger partial charge in [0.05, 0.1) is 5.56 Å². The molecule has 0 saturated carbocycles. The molecule has 4 aromatic rings. The summed E-state index contributed by atoms with van der Waals surface area (Å²) in [6.07, 6.45) is 0.735. The molecule has 0 nitrogen and oxygen atoms in total. The van der Waals surface area contributed by atoms with Gasteiger partial charge >= 0.3 is 0 Å². The van der Waals surface area contributed by atoms with Crippen molar-refractivity contribution in [3.63, 3.8) is 0 Å². The van der Waals surface area contributed by atoms with E-state index in [1.54, 1.807) is 24.3 Å². The van der Waals surface area contributed by atoms with Crippen LogP contribution in [0.15, 0.2) is 78.6 Å². The first kappa shape index (κ1) is 26.6. The highest BCUT2D eigenvalue weighted by atomic mass is 35.5. The lowest BCUT2D eigenvalue weighted by molar-refractivity contribution is 0.576. The Bertz CT molecular complexity index is 1410. The van der Waals surface area contributed by atoms with E-state index < -0.39 is 39.9 Å². The van der Waals surface area contributed by atoms with Gasteiger partial charge in [-0.2, -0.15) is 0 Å². The second kappa shape index (κ2) is 11.3. The molecule has 4 aromatic carbocycles. The van der Waals surface area contributed by atoms with Crippen molar-refractivity contribution < 1.29 is 26.3 Å². The minimum Gasteiger partial charge on any atom is -0.209 e. The van der Waals surface area contributed by atoms with E-state index in [9.17, 15) is 26.3 Å². The molecule has 0 amide bonds. The van der Waals surface area contributed by atoms with Crippen LogP contribution in [0, 0.1) is 23.3 Å². The average molecular weight is 531 g/mol. The molecule has 0 radical (unpaired) electrons. The highest BCUT2D eigenvalue weighted by molar-refractivity contribution is 6.30. The molecule has 4 rings (SSSR count). The molecule has 0 aromatic heterocycles. The van der Waals surface area contributed by atoms with Gasteiger partial charge in [-0.05, 0) is 71.3 Å². The van der Waals surface area contributed by atoms with Crippen LogP contribution in [0.1, 0.15) is 30.0 Å². The molecule has 0 spiro atoms. The monoisotopic (exact) mass is 530 g/mol. The standard InChI is InChI=1S/C30H21ClF6/c1-2-23(32)30(37)21-11-9-19(10-12-21)22-15-24(33)28(25(34)16-22)20-7-5-17(6-8-20)3-4-18-13-26(35)29(31)27(36)14-18/h5-16H,2-4H2,1H3. The highest BCUT2D eigenvalue weighted by Crippen LogP contribution is 2.33. The lowest BCUT2D eigenvalue weighted by Crippen LogP contribution is -1.96. The molecular weight excluding hydrogens is 510 g/mol. The zero-order valence-corrected chi connectivity index (χ0v) is 20.5. The second-order valence-electron chi connectivity index (χ2n) is 8.54. The Labute approximate surface area is 215 Å². The summed E-state index contributed by atoms with van der Waals surface area (Å²) in [6, 6.07) is 16.9. The van der Waals surface area contributed by atoms with Gasteiger partial charge in [-0.3, -0.25) is 0 Å². The first-order chi connectivity index (χ1) is 17.7. The summed E-state index contributed by atoms with van der Waals surface area (Å²) in [7, 11) is 0. The lowest BCUT2D eigenvalue weighted by atomic mass is 9.96. The second-order valence-corrected chi connectivity index (χ2v) is 8.91. The molecule has 0 aliphatic heterocycles. The molecule has 190 valence electrons. The number of allylic oxidation sites excluding steroid dienone is 1. The molecule has 0 N–H and O–H groups in total. The van der Waals surface area contributed by atoms with Crippen LogP contribution in [0.3, 0.4) is 0 Å². The van der Waals surface area contributed by atoms with Gasteiger partial charge in [0.15, 0.2) is 5.83 Å². The Morgan fingerprint density at radius 2 is 1.14 bits per heavy atom. The maximum atomic E-state index is 15.0. The van der Waals surface area contributed by atoms with Crippen molar-refractivity contribution >= 4 is 17.4 Å². The fraction of sp³-hybridized carbons (Fsp3) is 0.133. The topological polar surface area (TPSA) is 0 Å². The molecule has 0 aliphatic carbocycles. The van der Waals surface area contributed by atoms with Crippen molar-refractivity contribution in [1.82, 2.24) is 0 Å². The van der Waals surface area contributed by atoms with E-state index in [2.05, 4.69) is 0 Å². The largest absolute Gasteiger partial charge is 0.209 e. The van der Waals surface area contributed by atoms with Gasteiger partial charge in [0, 0.05) is 5.56 Å². The van der Waals surface area contributed by atoms with Crippen LogP contribution in [0.5, 0.6) is 0 Å². The van der Waals surface area contributed by atoms with Gasteiger partial charge in [-0.1, -0.05) is 67.1 Å². The first-order valence-corrected chi connectivity index (χ1v) is 11.9. The van der Waals surface area contributed by atoms with E-state index in [1.807, 2.05) is 0 Å². The van der Waals surface area contributed by atoms with E-state index in [-0.39, 0.29) is 23.1 Å². The summed E-state index contributed by atoms with van der Waals surface area (Å²) >= 11 is 5.51. The number of hydrogen-bond acceptors (Lipinski definition) is 0. The Kier molecular flexibility index (Phi) is 8.08. The van der Waals surface area contributed by atoms with Crippen LogP contribution in [0.2, 0.25) is 5.02 Å². The van der Waals surface area contributed by atoms with Gasteiger partial charge in [0.1, 0.15) is 34.1 Å². The SMILES string of the molecule is CCC(F)=C(F)c1ccc(-c2cc(F)c(-c3ccc(CCc4cc(F)c(Cl)c(F)c4)cc3)c(F)c2)cc1. The summed E-state index contributed by atoms with van der Waals surface area (Å²) in [4.78, 5) is 0. The van der Waals surface area contributed by atoms with Crippen molar-refractivity contribution in [3.05, 3.63) is 124 Å². The van der Waals surface area contributed by atoms with E-state index in [0.717, 1.165) is 5.56 Å². The van der Waals surface area contributed by atoms with E-state index >= 15 is 0 Å². The molecule has 0 saturated heterocycles. The Morgan fingerprint density at radius 1 is 0.622 bits per heavy atom. The molecule has 0 bridgehead atoms. The highest BCUT2D eigenvalue weighted by Gasteiger charge is 2.15. The normalized spacial score (nSPS) is 12.0. The summed E-state index contributed by atoms with van der Waals surface area (Å²) in [5.74, 6) is -5.03. The third-order valence-corrected chi connectivity index (χ3v) is 6.41. The first-order valence-electron chi connectivity index (χ1n) is 11.5. The smallest absolute Gasteiger partial charge is 0.161 e.